The van der Waals surface area contributed by atoms with Gasteiger partial charge in [-0.2, -0.15) is 0 Å². The van der Waals surface area contributed by atoms with Gasteiger partial charge in [-0.1, -0.05) is 60.7 Å². The summed E-state index contributed by atoms with van der Waals surface area (Å²) in [5.41, 5.74) is 19.1. The largest absolute Gasteiger partial charge is 0.480 e. The molecule has 0 bridgehead atoms. The summed E-state index contributed by atoms with van der Waals surface area (Å²) in [5, 5.41) is 14.3. The topological polar surface area (TPSA) is 174 Å². The van der Waals surface area contributed by atoms with Gasteiger partial charge in [-0.3, -0.25) is 9.59 Å². The molecule has 0 saturated heterocycles. The molecule has 0 fully saturated rings. The highest BCUT2D eigenvalue weighted by Crippen LogP contribution is 2.27. The fraction of sp³-hybridized carbons (Fsp3) is 0.348. The molecule has 2 amide bonds. The van der Waals surface area contributed by atoms with Crippen LogP contribution in [0, 0.1) is 0 Å². The van der Waals surface area contributed by atoms with Gasteiger partial charge in [-0.25, -0.2) is 4.79 Å². The average Bonchev–Trinajstić information content (AvgIpc) is 2.79. The van der Waals surface area contributed by atoms with Crippen LogP contribution < -0.4 is 27.8 Å². The average molecular weight is 442 g/mol. The Labute approximate surface area is 187 Å². The van der Waals surface area contributed by atoms with Crippen LogP contribution in [0.2, 0.25) is 0 Å². The molecule has 2 aromatic rings. The molecule has 9 heteroatoms. The third kappa shape index (κ3) is 6.88. The maximum atomic E-state index is 13.1. The van der Waals surface area contributed by atoms with Gasteiger partial charge in [0.05, 0.1) is 6.04 Å². The van der Waals surface area contributed by atoms with Crippen LogP contribution >= 0.6 is 0 Å². The Bertz CT molecular complexity index is 839. The highest BCUT2D eigenvalue weighted by molar-refractivity contribution is 5.92. The van der Waals surface area contributed by atoms with Crippen molar-refractivity contribution in [3.63, 3.8) is 0 Å². The van der Waals surface area contributed by atoms with Gasteiger partial charge in [0.25, 0.3) is 0 Å². The summed E-state index contributed by atoms with van der Waals surface area (Å²) in [6.45, 7) is 0.203. The lowest BCUT2D eigenvalue weighted by atomic mass is 9.85. The van der Waals surface area contributed by atoms with Crippen molar-refractivity contribution in [1.29, 1.82) is 0 Å². The predicted octanol–water partition coefficient (Wildman–Crippen LogP) is -0.102. The molecule has 2 aromatic carbocycles. The number of carbonyl (C=O) groups is 3. The van der Waals surface area contributed by atoms with Gasteiger partial charge in [0, 0.05) is 5.92 Å². The first kappa shape index (κ1) is 25.0. The molecule has 0 radical (unpaired) electrons. The molecular weight excluding hydrogens is 410 g/mol. The van der Waals surface area contributed by atoms with Crippen molar-refractivity contribution < 1.29 is 19.5 Å². The van der Waals surface area contributed by atoms with E-state index in [-0.39, 0.29) is 25.9 Å². The first-order valence-corrected chi connectivity index (χ1v) is 10.5. The van der Waals surface area contributed by atoms with E-state index in [0.717, 1.165) is 11.1 Å². The Kier molecular flexibility index (Phi) is 9.80. The van der Waals surface area contributed by atoms with E-state index in [1.165, 1.54) is 0 Å². The third-order valence-corrected chi connectivity index (χ3v) is 5.14. The van der Waals surface area contributed by atoms with Gasteiger partial charge < -0.3 is 32.9 Å². The number of carboxylic acid groups (broad SMARTS) is 1. The molecule has 3 atom stereocenters. The van der Waals surface area contributed by atoms with Gasteiger partial charge in [-0.15, -0.1) is 0 Å². The molecule has 9 N–H and O–H groups in total. The van der Waals surface area contributed by atoms with Crippen molar-refractivity contribution in [1.82, 2.24) is 10.6 Å². The van der Waals surface area contributed by atoms with Crippen LogP contribution in [-0.4, -0.2) is 54.1 Å². The molecule has 0 saturated carbocycles. The summed E-state index contributed by atoms with van der Waals surface area (Å²) >= 11 is 0. The fourth-order valence-electron chi connectivity index (χ4n) is 3.48. The monoisotopic (exact) mass is 441 g/mol. The van der Waals surface area contributed by atoms with Crippen LogP contribution in [-0.2, 0) is 14.4 Å². The number of hydrogen-bond acceptors (Lipinski definition) is 6. The van der Waals surface area contributed by atoms with E-state index in [1.54, 1.807) is 0 Å². The molecule has 0 aromatic heterocycles. The zero-order valence-electron chi connectivity index (χ0n) is 17.8. The Morgan fingerprint density at radius 3 is 1.62 bits per heavy atom. The molecule has 0 spiro atoms. The van der Waals surface area contributed by atoms with E-state index in [0.29, 0.717) is 0 Å². The SMILES string of the molecule is NCC[C@H](NC(=O)[C@H](CCN)NC(=O)[C@@H](N)C(c1ccccc1)c1ccccc1)C(=O)O. The van der Waals surface area contributed by atoms with Crippen LogP contribution in [0.3, 0.4) is 0 Å². The lowest BCUT2D eigenvalue weighted by molar-refractivity contribution is -0.142. The first-order valence-electron chi connectivity index (χ1n) is 10.5. The van der Waals surface area contributed by atoms with Crippen LogP contribution in [0.1, 0.15) is 29.9 Å². The summed E-state index contributed by atoms with van der Waals surface area (Å²) in [6, 6.07) is 15.6. The lowest BCUT2D eigenvalue weighted by Crippen LogP contribution is -2.56. The second-order valence-corrected chi connectivity index (χ2v) is 7.44. The third-order valence-electron chi connectivity index (χ3n) is 5.14. The number of nitrogens with two attached hydrogens (primary N) is 3. The highest BCUT2D eigenvalue weighted by Gasteiger charge is 2.31. The molecular formula is C23H31N5O4. The zero-order chi connectivity index (χ0) is 23.5. The van der Waals surface area contributed by atoms with Crippen LogP contribution in [0.15, 0.2) is 60.7 Å². The van der Waals surface area contributed by atoms with Crippen molar-refractivity contribution in [3.05, 3.63) is 71.8 Å². The number of nitrogens with one attached hydrogen (secondary N) is 2. The summed E-state index contributed by atoms with van der Waals surface area (Å²) in [5.74, 6) is -2.83. The molecule has 9 nitrogen and oxygen atoms in total. The zero-order valence-corrected chi connectivity index (χ0v) is 17.8. The van der Waals surface area contributed by atoms with Crippen molar-refractivity contribution in [3.8, 4) is 0 Å². The van der Waals surface area contributed by atoms with Crippen LogP contribution in [0.25, 0.3) is 0 Å². The van der Waals surface area contributed by atoms with E-state index in [9.17, 15) is 19.5 Å². The minimum atomic E-state index is -1.20. The molecule has 172 valence electrons. The maximum Gasteiger partial charge on any atom is 0.326 e. The Balaban J connectivity index is 2.21. The quantitative estimate of drug-likeness (QED) is 0.267. The molecule has 0 unspecified atom stereocenters. The van der Waals surface area contributed by atoms with Crippen LogP contribution in [0.4, 0.5) is 0 Å². The van der Waals surface area contributed by atoms with E-state index in [1.807, 2.05) is 60.7 Å². The number of hydrogen-bond donors (Lipinski definition) is 6. The van der Waals surface area contributed by atoms with E-state index in [2.05, 4.69) is 10.6 Å². The second kappa shape index (κ2) is 12.6. The molecule has 0 aliphatic carbocycles. The maximum absolute atomic E-state index is 13.1. The van der Waals surface area contributed by atoms with E-state index < -0.39 is 41.8 Å². The number of aliphatic carboxylic acids is 1. The van der Waals surface area contributed by atoms with E-state index in [4.69, 9.17) is 17.2 Å². The lowest BCUT2D eigenvalue weighted by Gasteiger charge is -2.27. The predicted molar refractivity (Wildman–Crippen MR) is 122 cm³/mol. The standard InChI is InChI=1S/C23H31N5O4/c24-13-11-17(21(29)28-18(12-14-25)23(31)32)27-22(30)20(26)19(15-7-3-1-4-8-15)16-9-5-2-6-10-16/h1-10,17-20H,11-14,24-26H2,(H,27,30)(H,28,29)(H,31,32)/t17-,18-,20-/m0/s1. The fourth-order valence-corrected chi connectivity index (χ4v) is 3.48. The highest BCUT2D eigenvalue weighted by atomic mass is 16.4. The Morgan fingerprint density at radius 2 is 1.19 bits per heavy atom. The van der Waals surface area contributed by atoms with Gasteiger partial charge in [0.1, 0.15) is 12.1 Å². The molecule has 32 heavy (non-hydrogen) atoms. The normalized spacial score (nSPS) is 13.8. The second-order valence-electron chi connectivity index (χ2n) is 7.44. The van der Waals surface area contributed by atoms with Crippen LogP contribution in [0.5, 0.6) is 0 Å². The minimum Gasteiger partial charge on any atom is -0.480 e. The minimum absolute atomic E-state index is 0.0635. The summed E-state index contributed by atoms with van der Waals surface area (Å²) in [7, 11) is 0. The van der Waals surface area contributed by atoms with Crippen molar-refractivity contribution in [2.75, 3.05) is 13.1 Å². The number of benzene rings is 2. The van der Waals surface area contributed by atoms with Crippen molar-refractivity contribution in [2.24, 2.45) is 17.2 Å². The van der Waals surface area contributed by atoms with E-state index >= 15 is 0 Å². The Morgan fingerprint density at radius 1 is 0.750 bits per heavy atom. The summed E-state index contributed by atoms with van der Waals surface area (Å²) < 4.78 is 0. The van der Waals surface area contributed by atoms with Crippen molar-refractivity contribution in [2.45, 2.75) is 36.9 Å². The van der Waals surface area contributed by atoms with Gasteiger partial charge in [-0.05, 0) is 37.1 Å². The molecule has 0 heterocycles. The number of carbonyl (C=O) groups excluding carboxylic acids is 2. The van der Waals surface area contributed by atoms with Crippen molar-refractivity contribution >= 4 is 17.8 Å². The summed E-state index contributed by atoms with van der Waals surface area (Å²) in [4.78, 5) is 37.1. The van der Waals surface area contributed by atoms with Gasteiger partial charge in [0.15, 0.2) is 0 Å². The van der Waals surface area contributed by atoms with Gasteiger partial charge >= 0.3 is 5.97 Å². The Hall–Kier alpha value is -3.27. The summed E-state index contributed by atoms with van der Waals surface area (Å²) in [6.07, 6.45) is 0.189. The smallest absolute Gasteiger partial charge is 0.326 e. The first-order chi connectivity index (χ1) is 15.4. The molecule has 0 aliphatic heterocycles. The molecule has 2 rings (SSSR count). The van der Waals surface area contributed by atoms with Gasteiger partial charge in [0.2, 0.25) is 11.8 Å². The number of carboxylic acids is 1. The number of amides is 2. The number of rotatable bonds is 12. The molecule has 0 aliphatic rings.